The molecule has 1 N–H and O–H groups in total. The Hall–Kier alpha value is -3.66. The number of nitrogens with one attached hydrogen (secondary N) is 1. The van der Waals surface area contributed by atoms with Gasteiger partial charge in [-0.15, -0.1) is 0 Å². The van der Waals surface area contributed by atoms with Crippen LogP contribution in [0, 0.1) is 0 Å². The third-order valence-electron chi connectivity index (χ3n) is 4.63. The number of hydrogen-bond donors (Lipinski definition) is 1. The monoisotopic (exact) mass is 488 g/mol. The Kier molecular flexibility index (Phi) is 6.69. The first-order chi connectivity index (χ1) is 16.2. The molecule has 0 bridgehead atoms. The smallest absolute Gasteiger partial charge is 0.433 e. The molecule has 0 aliphatic rings. The van der Waals surface area contributed by atoms with Crippen molar-refractivity contribution in [3.63, 3.8) is 0 Å². The van der Waals surface area contributed by atoms with Gasteiger partial charge in [-0.3, -0.25) is 4.57 Å². The summed E-state index contributed by atoms with van der Waals surface area (Å²) in [6, 6.07) is 7.76. The molecule has 34 heavy (non-hydrogen) atoms. The number of anilines is 1. The van der Waals surface area contributed by atoms with Gasteiger partial charge in [0.2, 0.25) is 0 Å². The fourth-order valence-corrected chi connectivity index (χ4v) is 3.30. The maximum Gasteiger partial charge on any atom is 0.433 e. The molecule has 0 amide bonds. The number of imidazole rings is 1. The zero-order chi connectivity index (χ0) is 24.3. The lowest BCUT2D eigenvalue weighted by molar-refractivity contribution is -0.141. The van der Waals surface area contributed by atoms with E-state index in [2.05, 4.69) is 25.3 Å². The molecule has 7 nitrogen and oxygen atoms in total. The quantitative estimate of drug-likeness (QED) is 0.354. The van der Waals surface area contributed by atoms with Crippen molar-refractivity contribution in [2.45, 2.75) is 32.7 Å². The molecule has 0 atom stereocenters. The summed E-state index contributed by atoms with van der Waals surface area (Å²) >= 11 is 6.29. The summed E-state index contributed by atoms with van der Waals surface area (Å²) in [5, 5.41) is 3.43. The second-order valence-corrected chi connectivity index (χ2v) is 8.05. The molecule has 0 unspecified atom stereocenters. The average Bonchev–Trinajstić information content (AvgIpc) is 3.33. The third kappa shape index (κ3) is 5.63. The van der Waals surface area contributed by atoms with E-state index in [0.29, 0.717) is 22.2 Å². The minimum Gasteiger partial charge on any atom is -0.489 e. The molecule has 0 saturated heterocycles. The number of alkyl halides is 3. The van der Waals surface area contributed by atoms with E-state index in [1.807, 2.05) is 19.9 Å². The van der Waals surface area contributed by atoms with Crippen LogP contribution >= 0.6 is 11.6 Å². The molecule has 0 aliphatic carbocycles. The van der Waals surface area contributed by atoms with Crippen molar-refractivity contribution in [1.29, 1.82) is 0 Å². The molecule has 11 heteroatoms. The highest BCUT2D eigenvalue weighted by Crippen LogP contribution is 2.31. The highest BCUT2D eigenvalue weighted by atomic mass is 35.5. The van der Waals surface area contributed by atoms with Crippen molar-refractivity contribution in [3.05, 3.63) is 77.7 Å². The first kappa shape index (κ1) is 23.5. The summed E-state index contributed by atoms with van der Waals surface area (Å²) in [5.41, 5.74) is 0.649. The average molecular weight is 489 g/mol. The molecule has 0 radical (unpaired) electrons. The summed E-state index contributed by atoms with van der Waals surface area (Å²) in [6.45, 7) is 4.04. The van der Waals surface area contributed by atoms with Crippen LogP contribution in [-0.4, -0.2) is 30.6 Å². The van der Waals surface area contributed by atoms with Crippen molar-refractivity contribution in [3.8, 4) is 23.0 Å². The highest BCUT2D eigenvalue weighted by Gasteiger charge is 2.33. The Morgan fingerprint density at radius 3 is 2.50 bits per heavy atom. The molecular weight excluding hydrogens is 469 g/mol. The predicted molar refractivity (Wildman–Crippen MR) is 122 cm³/mol. The van der Waals surface area contributed by atoms with Gasteiger partial charge in [-0.2, -0.15) is 13.2 Å². The van der Waals surface area contributed by atoms with E-state index < -0.39 is 11.9 Å². The van der Waals surface area contributed by atoms with E-state index in [-0.39, 0.29) is 24.2 Å². The summed E-state index contributed by atoms with van der Waals surface area (Å²) in [7, 11) is 0. The second-order valence-electron chi connectivity index (χ2n) is 7.65. The lowest BCUT2D eigenvalue weighted by atomic mass is 10.2. The standard InChI is InChI=1S/C23H20ClF3N6O/c1-14(2)34-19-4-3-16(7-18(19)24)22-30-11-15(12-31-22)10-29-17-8-20(23(25,26)27)32-21(9-17)33-6-5-28-13-33/h3-9,11-14H,10H2,1-2H3,(H,29,32). The van der Waals surface area contributed by atoms with Crippen LogP contribution in [0.4, 0.5) is 18.9 Å². The van der Waals surface area contributed by atoms with Crippen molar-refractivity contribution in [2.24, 2.45) is 0 Å². The van der Waals surface area contributed by atoms with Gasteiger partial charge in [-0.05, 0) is 38.1 Å². The number of pyridine rings is 1. The van der Waals surface area contributed by atoms with Gasteiger partial charge >= 0.3 is 6.18 Å². The molecule has 4 rings (SSSR count). The number of halogens is 4. The number of ether oxygens (including phenoxy) is 1. The molecular formula is C23H20ClF3N6O. The summed E-state index contributed by atoms with van der Waals surface area (Å²) < 4.78 is 47.0. The topological polar surface area (TPSA) is 77.8 Å². The molecule has 0 spiro atoms. The fraction of sp³-hybridized carbons (Fsp3) is 0.217. The maximum absolute atomic E-state index is 13.3. The van der Waals surface area contributed by atoms with Crippen molar-refractivity contribution in [2.75, 3.05) is 5.32 Å². The Labute approximate surface area is 198 Å². The van der Waals surface area contributed by atoms with Crippen LogP contribution in [0.5, 0.6) is 5.75 Å². The van der Waals surface area contributed by atoms with E-state index in [9.17, 15) is 13.2 Å². The second kappa shape index (κ2) is 9.68. The molecule has 0 fully saturated rings. The third-order valence-corrected chi connectivity index (χ3v) is 4.92. The van der Waals surface area contributed by atoms with Gasteiger partial charge in [0.05, 0.1) is 11.1 Å². The first-order valence-electron chi connectivity index (χ1n) is 10.3. The van der Waals surface area contributed by atoms with Crippen LogP contribution in [0.2, 0.25) is 5.02 Å². The SMILES string of the molecule is CC(C)Oc1ccc(-c2ncc(CNc3cc(-n4ccnc4)nc(C(F)(F)F)c3)cn2)cc1Cl. The first-order valence-corrected chi connectivity index (χ1v) is 10.7. The fourth-order valence-electron chi connectivity index (χ4n) is 3.08. The Balaban J connectivity index is 1.49. The van der Waals surface area contributed by atoms with Gasteiger partial charge in [0.1, 0.15) is 23.6 Å². The van der Waals surface area contributed by atoms with Crippen molar-refractivity contribution in [1.82, 2.24) is 24.5 Å². The zero-order valence-electron chi connectivity index (χ0n) is 18.2. The van der Waals surface area contributed by atoms with Crippen molar-refractivity contribution < 1.29 is 17.9 Å². The number of nitrogens with zero attached hydrogens (tertiary/aromatic N) is 5. The molecule has 1 aromatic carbocycles. The normalized spacial score (nSPS) is 11.6. The molecule has 3 heterocycles. The van der Waals surface area contributed by atoms with Gasteiger partial charge < -0.3 is 10.1 Å². The van der Waals surface area contributed by atoms with Crippen LogP contribution in [-0.2, 0) is 12.7 Å². The van der Waals surface area contributed by atoms with E-state index in [4.69, 9.17) is 16.3 Å². The highest BCUT2D eigenvalue weighted by molar-refractivity contribution is 6.32. The Bertz CT molecular complexity index is 1260. The van der Waals surface area contributed by atoms with Gasteiger partial charge in [-0.1, -0.05) is 11.6 Å². The minimum atomic E-state index is -4.59. The molecule has 0 aliphatic heterocycles. The Morgan fingerprint density at radius 1 is 1.12 bits per heavy atom. The number of benzene rings is 1. The predicted octanol–water partition coefficient (Wildman–Crippen LogP) is 5.80. The van der Waals surface area contributed by atoms with Gasteiger partial charge in [0.25, 0.3) is 0 Å². The van der Waals surface area contributed by atoms with Crippen LogP contribution in [0.1, 0.15) is 25.1 Å². The largest absolute Gasteiger partial charge is 0.489 e. The minimum absolute atomic E-state index is 0.00461. The number of hydrogen-bond acceptors (Lipinski definition) is 6. The summed E-state index contributed by atoms with van der Waals surface area (Å²) in [5.74, 6) is 1.14. The summed E-state index contributed by atoms with van der Waals surface area (Å²) in [4.78, 5) is 16.3. The molecule has 3 aromatic heterocycles. The lowest BCUT2D eigenvalue weighted by Gasteiger charge is -2.13. The van der Waals surface area contributed by atoms with Gasteiger partial charge in [-0.25, -0.2) is 19.9 Å². The number of aromatic nitrogens is 5. The molecule has 176 valence electrons. The number of rotatable bonds is 7. The van der Waals surface area contributed by atoms with Crippen LogP contribution in [0.15, 0.2) is 61.4 Å². The maximum atomic E-state index is 13.3. The van der Waals surface area contributed by atoms with Crippen LogP contribution < -0.4 is 10.1 Å². The van der Waals surface area contributed by atoms with Gasteiger partial charge in [0.15, 0.2) is 5.82 Å². The van der Waals surface area contributed by atoms with E-state index in [0.717, 1.165) is 11.6 Å². The van der Waals surface area contributed by atoms with Crippen molar-refractivity contribution >= 4 is 17.3 Å². The molecule has 4 aromatic rings. The summed E-state index contributed by atoms with van der Waals surface area (Å²) in [6.07, 6.45) is 2.98. The van der Waals surface area contributed by atoms with Gasteiger partial charge in [0, 0.05) is 54.2 Å². The zero-order valence-corrected chi connectivity index (χ0v) is 19.0. The van der Waals surface area contributed by atoms with E-state index in [1.54, 1.807) is 24.5 Å². The van der Waals surface area contributed by atoms with E-state index in [1.165, 1.54) is 29.4 Å². The van der Waals surface area contributed by atoms with E-state index >= 15 is 0 Å². The molecule has 0 saturated carbocycles. The Morgan fingerprint density at radius 2 is 1.88 bits per heavy atom. The lowest BCUT2D eigenvalue weighted by Crippen LogP contribution is -2.12. The van der Waals surface area contributed by atoms with Crippen LogP contribution in [0.25, 0.3) is 17.2 Å². The van der Waals surface area contributed by atoms with Crippen LogP contribution in [0.3, 0.4) is 0 Å².